The van der Waals surface area contributed by atoms with Crippen LogP contribution in [0.1, 0.15) is 31.7 Å². The molecule has 0 aliphatic heterocycles. The Bertz CT molecular complexity index is 594. The van der Waals surface area contributed by atoms with Crippen LogP contribution in [0.25, 0.3) is 11.2 Å². The Balaban J connectivity index is 1.95. The second-order valence-corrected chi connectivity index (χ2v) is 6.37. The minimum atomic E-state index is 0.518. The molecule has 0 amide bonds. The van der Waals surface area contributed by atoms with Crippen LogP contribution < -0.4 is 0 Å². The van der Waals surface area contributed by atoms with Crippen molar-refractivity contribution in [1.29, 1.82) is 0 Å². The summed E-state index contributed by atoms with van der Waals surface area (Å²) in [5.74, 6) is 0. The van der Waals surface area contributed by atoms with E-state index in [-0.39, 0.29) is 0 Å². The van der Waals surface area contributed by atoms with E-state index in [0.717, 1.165) is 21.2 Å². The molecule has 1 fully saturated rings. The molecular weight excluding hydrogens is 262 g/mol. The van der Waals surface area contributed by atoms with Crippen LogP contribution in [0.15, 0.2) is 18.3 Å². The van der Waals surface area contributed by atoms with Crippen LogP contribution in [0, 0.1) is 4.77 Å². The van der Waals surface area contributed by atoms with Gasteiger partial charge in [-0.1, -0.05) is 0 Å². The summed E-state index contributed by atoms with van der Waals surface area (Å²) >= 11 is 7.45. The van der Waals surface area contributed by atoms with E-state index in [2.05, 4.69) is 20.8 Å². The Morgan fingerprint density at radius 2 is 2.17 bits per heavy atom. The number of fused-ring (bicyclic) bond motifs is 1. The Morgan fingerprint density at radius 3 is 2.89 bits per heavy atom. The fourth-order valence-corrected chi connectivity index (χ4v) is 3.93. The zero-order valence-corrected chi connectivity index (χ0v) is 12.1. The first kappa shape index (κ1) is 12.2. The van der Waals surface area contributed by atoms with Gasteiger partial charge in [-0.25, -0.2) is 4.98 Å². The van der Waals surface area contributed by atoms with Crippen molar-refractivity contribution >= 4 is 35.1 Å². The lowest BCUT2D eigenvalue weighted by Crippen LogP contribution is -2.19. The van der Waals surface area contributed by atoms with Crippen molar-refractivity contribution in [1.82, 2.24) is 14.5 Å². The molecule has 1 saturated carbocycles. The van der Waals surface area contributed by atoms with E-state index >= 15 is 0 Å². The van der Waals surface area contributed by atoms with E-state index in [1.54, 1.807) is 0 Å². The molecule has 3 nitrogen and oxygen atoms in total. The quantitative estimate of drug-likeness (QED) is 0.845. The molecule has 1 aliphatic rings. The number of nitrogens with one attached hydrogen (secondary N) is 1. The zero-order chi connectivity index (χ0) is 12.5. The van der Waals surface area contributed by atoms with Crippen molar-refractivity contribution in [3.8, 4) is 0 Å². The Labute approximate surface area is 116 Å². The van der Waals surface area contributed by atoms with Gasteiger partial charge in [0, 0.05) is 17.5 Å². The van der Waals surface area contributed by atoms with Gasteiger partial charge in [0.25, 0.3) is 0 Å². The molecule has 0 unspecified atom stereocenters. The van der Waals surface area contributed by atoms with Gasteiger partial charge in [0.2, 0.25) is 0 Å². The third-order valence-corrected chi connectivity index (χ3v) is 5.25. The van der Waals surface area contributed by atoms with Gasteiger partial charge in [0.05, 0.1) is 5.52 Å². The first-order chi connectivity index (χ1) is 8.79. The molecule has 18 heavy (non-hydrogen) atoms. The number of hydrogen-bond donors (Lipinski definition) is 1. The number of hydrogen-bond acceptors (Lipinski definition) is 3. The average molecular weight is 279 g/mol. The third kappa shape index (κ3) is 2.10. The third-order valence-electron chi connectivity index (χ3n) is 3.82. The smallest absolute Gasteiger partial charge is 0.179 e. The first-order valence-corrected chi connectivity index (χ1v) is 8.07. The van der Waals surface area contributed by atoms with Gasteiger partial charge in [-0.2, -0.15) is 11.8 Å². The summed E-state index contributed by atoms with van der Waals surface area (Å²) in [6, 6.07) is 4.51. The monoisotopic (exact) mass is 279 g/mol. The van der Waals surface area contributed by atoms with E-state index in [4.69, 9.17) is 12.2 Å². The molecule has 3 rings (SSSR count). The molecule has 1 aliphatic carbocycles. The van der Waals surface area contributed by atoms with Crippen molar-refractivity contribution in [3.05, 3.63) is 23.1 Å². The molecule has 2 heterocycles. The van der Waals surface area contributed by atoms with Gasteiger partial charge in [-0.05, 0) is 56.3 Å². The summed E-state index contributed by atoms with van der Waals surface area (Å²) in [6.45, 7) is 0. The standard InChI is InChI=1S/C13H17N3S2/c1-18-10-6-4-9(5-7-10)16-12-11(15-13(16)17)3-2-8-14-12/h2-3,8-10H,4-7H2,1H3,(H,15,17). The summed E-state index contributed by atoms with van der Waals surface area (Å²) in [6.07, 6.45) is 9.05. The highest BCUT2D eigenvalue weighted by molar-refractivity contribution is 7.99. The SMILES string of the molecule is CSC1CCC(n2c(=S)[nH]c3cccnc32)CC1. The second kappa shape index (κ2) is 5.05. The Hall–Kier alpha value is -0.810. The summed E-state index contributed by atoms with van der Waals surface area (Å²) in [5.41, 5.74) is 2.06. The highest BCUT2D eigenvalue weighted by Gasteiger charge is 2.23. The van der Waals surface area contributed by atoms with Crippen LogP contribution >= 0.6 is 24.0 Å². The van der Waals surface area contributed by atoms with Crippen LogP contribution in [-0.4, -0.2) is 26.0 Å². The maximum absolute atomic E-state index is 5.45. The molecule has 5 heteroatoms. The number of aromatic nitrogens is 3. The predicted molar refractivity (Wildman–Crippen MR) is 79.7 cm³/mol. The largest absolute Gasteiger partial charge is 0.329 e. The molecule has 0 aromatic carbocycles. The van der Waals surface area contributed by atoms with Crippen molar-refractivity contribution in [2.75, 3.05) is 6.26 Å². The van der Waals surface area contributed by atoms with E-state index in [1.807, 2.05) is 30.1 Å². The number of rotatable bonds is 2. The van der Waals surface area contributed by atoms with E-state index in [0.29, 0.717) is 6.04 Å². The second-order valence-electron chi connectivity index (χ2n) is 4.84. The summed E-state index contributed by atoms with van der Waals surface area (Å²) < 4.78 is 3.04. The highest BCUT2D eigenvalue weighted by atomic mass is 32.2. The topological polar surface area (TPSA) is 33.6 Å². The maximum atomic E-state index is 5.45. The molecule has 1 N–H and O–H groups in total. The van der Waals surface area contributed by atoms with Gasteiger partial charge in [0.15, 0.2) is 10.4 Å². The fourth-order valence-electron chi connectivity index (χ4n) is 2.84. The normalized spacial score (nSPS) is 24.5. The predicted octanol–water partition coefficient (Wildman–Crippen LogP) is 3.94. The average Bonchev–Trinajstić information content (AvgIpc) is 2.75. The minimum absolute atomic E-state index is 0.518. The summed E-state index contributed by atoms with van der Waals surface area (Å²) in [7, 11) is 0. The lowest BCUT2D eigenvalue weighted by Gasteiger charge is -2.28. The lowest BCUT2D eigenvalue weighted by molar-refractivity contribution is 0.362. The number of thioether (sulfide) groups is 1. The van der Waals surface area contributed by atoms with Crippen molar-refractivity contribution in [2.24, 2.45) is 0 Å². The van der Waals surface area contributed by atoms with Crippen molar-refractivity contribution in [2.45, 2.75) is 37.0 Å². The zero-order valence-electron chi connectivity index (χ0n) is 10.4. The summed E-state index contributed by atoms with van der Waals surface area (Å²) in [5, 5.41) is 0.827. The van der Waals surface area contributed by atoms with E-state index < -0.39 is 0 Å². The van der Waals surface area contributed by atoms with E-state index in [1.165, 1.54) is 25.7 Å². The number of H-pyrrole nitrogens is 1. The Morgan fingerprint density at radius 1 is 1.39 bits per heavy atom. The molecule has 2 aromatic heterocycles. The van der Waals surface area contributed by atoms with Crippen LogP contribution in [0.3, 0.4) is 0 Å². The molecule has 0 spiro atoms. The number of imidazole rings is 1. The minimum Gasteiger partial charge on any atom is -0.329 e. The van der Waals surface area contributed by atoms with Crippen molar-refractivity contribution in [3.63, 3.8) is 0 Å². The molecule has 96 valence electrons. The van der Waals surface area contributed by atoms with Crippen LogP contribution in [0.5, 0.6) is 0 Å². The molecule has 0 bridgehead atoms. The van der Waals surface area contributed by atoms with Crippen molar-refractivity contribution < 1.29 is 0 Å². The van der Waals surface area contributed by atoms with Crippen LogP contribution in [0.2, 0.25) is 0 Å². The van der Waals surface area contributed by atoms with Crippen LogP contribution in [0.4, 0.5) is 0 Å². The highest BCUT2D eigenvalue weighted by Crippen LogP contribution is 2.35. The van der Waals surface area contributed by atoms with Gasteiger partial charge in [0.1, 0.15) is 0 Å². The number of aromatic amines is 1. The maximum Gasteiger partial charge on any atom is 0.179 e. The lowest BCUT2D eigenvalue weighted by atomic mass is 9.95. The molecule has 2 aromatic rings. The van der Waals surface area contributed by atoms with Gasteiger partial charge >= 0.3 is 0 Å². The first-order valence-electron chi connectivity index (χ1n) is 6.37. The Kier molecular flexibility index (Phi) is 3.43. The van der Waals surface area contributed by atoms with E-state index in [9.17, 15) is 0 Å². The molecular formula is C13H17N3S2. The number of pyridine rings is 1. The molecule has 0 atom stereocenters. The summed E-state index contributed by atoms with van der Waals surface area (Å²) in [4.78, 5) is 7.74. The van der Waals surface area contributed by atoms with Gasteiger partial charge in [-0.15, -0.1) is 0 Å². The fraction of sp³-hybridized carbons (Fsp3) is 0.538. The molecule has 0 radical (unpaired) electrons. The van der Waals surface area contributed by atoms with Gasteiger partial charge < -0.3 is 4.98 Å². The van der Waals surface area contributed by atoms with Gasteiger partial charge in [-0.3, -0.25) is 4.57 Å². The van der Waals surface area contributed by atoms with Crippen LogP contribution in [-0.2, 0) is 0 Å². The molecule has 0 saturated heterocycles. The number of nitrogens with zero attached hydrogens (tertiary/aromatic N) is 2.